The first kappa shape index (κ1) is 13.0. The molecule has 96 valence electrons. The quantitative estimate of drug-likeness (QED) is 0.775. The average molecular weight is 263 g/mol. The normalized spacial score (nSPS) is 11.1. The van der Waals surface area contributed by atoms with Crippen LogP contribution in [0.3, 0.4) is 0 Å². The smallest absolute Gasteiger partial charge is 0.193 e. The molecule has 0 aromatic carbocycles. The lowest BCUT2D eigenvalue weighted by Crippen LogP contribution is -2.26. The number of thiazole rings is 1. The van der Waals surface area contributed by atoms with E-state index in [0.29, 0.717) is 13.1 Å². The molecule has 0 fully saturated rings. The third-order valence-corrected chi connectivity index (χ3v) is 3.56. The Morgan fingerprint density at radius 3 is 2.89 bits per heavy atom. The molecule has 0 saturated heterocycles. The van der Waals surface area contributed by atoms with Crippen LogP contribution in [0.4, 0.5) is 0 Å². The molecule has 0 unspecified atom stereocenters. The van der Waals surface area contributed by atoms with E-state index < -0.39 is 0 Å². The van der Waals surface area contributed by atoms with Gasteiger partial charge in [0.25, 0.3) is 0 Å². The molecule has 0 aliphatic carbocycles. The summed E-state index contributed by atoms with van der Waals surface area (Å²) in [6.07, 6.45) is 1.89. The highest BCUT2D eigenvalue weighted by atomic mass is 32.1. The lowest BCUT2D eigenvalue weighted by Gasteiger charge is -2.14. The average Bonchev–Trinajstić information content (AvgIpc) is 2.87. The molecule has 2 heterocycles. The SMILES string of the molecule is Cc1nc(CN(C)CC(=O)c2cccn2C)cs1. The van der Waals surface area contributed by atoms with Crippen molar-refractivity contribution in [2.24, 2.45) is 7.05 Å². The second kappa shape index (κ2) is 5.46. The zero-order valence-corrected chi connectivity index (χ0v) is 11.7. The minimum Gasteiger partial charge on any atom is -0.348 e. The molecule has 5 heteroatoms. The summed E-state index contributed by atoms with van der Waals surface area (Å²) in [6.45, 7) is 3.11. The van der Waals surface area contributed by atoms with Crippen LogP contribution in [0.2, 0.25) is 0 Å². The summed E-state index contributed by atoms with van der Waals surface area (Å²) in [4.78, 5) is 18.4. The number of aryl methyl sites for hydroxylation is 2. The van der Waals surface area contributed by atoms with E-state index in [1.165, 1.54) is 0 Å². The van der Waals surface area contributed by atoms with Crippen LogP contribution in [-0.4, -0.2) is 33.8 Å². The Kier molecular flexibility index (Phi) is 3.93. The summed E-state index contributed by atoms with van der Waals surface area (Å²) in [6, 6.07) is 3.74. The maximum atomic E-state index is 12.1. The monoisotopic (exact) mass is 263 g/mol. The van der Waals surface area contributed by atoms with Gasteiger partial charge in [0.15, 0.2) is 5.78 Å². The van der Waals surface area contributed by atoms with Crippen LogP contribution in [-0.2, 0) is 13.6 Å². The number of carbonyl (C=O) groups excluding carboxylic acids is 1. The first-order valence-electron chi connectivity index (χ1n) is 5.80. The van der Waals surface area contributed by atoms with E-state index in [1.807, 2.05) is 54.2 Å². The highest BCUT2D eigenvalue weighted by Gasteiger charge is 2.12. The molecule has 0 aliphatic rings. The van der Waals surface area contributed by atoms with E-state index in [1.54, 1.807) is 11.3 Å². The second-order valence-corrected chi connectivity index (χ2v) is 5.52. The number of nitrogens with zero attached hydrogens (tertiary/aromatic N) is 3. The second-order valence-electron chi connectivity index (χ2n) is 4.46. The summed E-state index contributed by atoms with van der Waals surface area (Å²) < 4.78 is 1.85. The molecule has 0 N–H and O–H groups in total. The first-order chi connectivity index (χ1) is 8.56. The number of rotatable bonds is 5. The molecule has 0 saturated carbocycles. The van der Waals surface area contributed by atoms with Crippen LogP contribution in [0, 0.1) is 6.92 Å². The number of ketones is 1. The minimum atomic E-state index is 0.136. The van der Waals surface area contributed by atoms with Crippen molar-refractivity contribution in [1.82, 2.24) is 14.5 Å². The Balaban J connectivity index is 1.93. The molecule has 4 nitrogen and oxygen atoms in total. The highest BCUT2D eigenvalue weighted by molar-refractivity contribution is 7.09. The van der Waals surface area contributed by atoms with Gasteiger partial charge in [-0.15, -0.1) is 11.3 Å². The Morgan fingerprint density at radius 1 is 1.56 bits per heavy atom. The highest BCUT2D eigenvalue weighted by Crippen LogP contribution is 2.10. The van der Waals surface area contributed by atoms with Gasteiger partial charge < -0.3 is 4.57 Å². The fourth-order valence-electron chi connectivity index (χ4n) is 1.89. The lowest BCUT2D eigenvalue weighted by atomic mass is 10.2. The van der Waals surface area contributed by atoms with Gasteiger partial charge in [-0.25, -0.2) is 4.98 Å². The van der Waals surface area contributed by atoms with Gasteiger partial charge in [-0.3, -0.25) is 9.69 Å². The molecule has 2 aromatic rings. The fraction of sp³-hybridized carbons (Fsp3) is 0.385. The largest absolute Gasteiger partial charge is 0.348 e. The molecular weight excluding hydrogens is 246 g/mol. The van der Waals surface area contributed by atoms with Crippen molar-refractivity contribution in [2.45, 2.75) is 13.5 Å². The van der Waals surface area contributed by atoms with Gasteiger partial charge in [-0.05, 0) is 26.1 Å². The fourth-order valence-corrected chi connectivity index (χ4v) is 2.49. The van der Waals surface area contributed by atoms with E-state index in [2.05, 4.69) is 4.98 Å². The Bertz CT molecular complexity index is 544. The van der Waals surface area contributed by atoms with Gasteiger partial charge in [0, 0.05) is 25.2 Å². The molecule has 0 atom stereocenters. The molecule has 18 heavy (non-hydrogen) atoms. The number of carbonyl (C=O) groups is 1. The summed E-state index contributed by atoms with van der Waals surface area (Å²) in [5.41, 5.74) is 1.77. The van der Waals surface area contributed by atoms with Gasteiger partial charge in [0.05, 0.1) is 22.9 Å². The van der Waals surface area contributed by atoms with E-state index >= 15 is 0 Å². The Hall–Kier alpha value is -1.46. The molecular formula is C13H17N3OS. The Labute approximate surface area is 111 Å². The molecule has 0 spiro atoms. The first-order valence-corrected chi connectivity index (χ1v) is 6.68. The number of Topliss-reactive ketones (excluding diaryl/α,β-unsaturated/α-hetero) is 1. The summed E-state index contributed by atoms with van der Waals surface area (Å²) in [7, 11) is 3.83. The van der Waals surface area contributed by atoms with Crippen molar-refractivity contribution >= 4 is 17.1 Å². The predicted molar refractivity (Wildman–Crippen MR) is 72.9 cm³/mol. The van der Waals surface area contributed by atoms with Crippen molar-refractivity contribution in [2.75, 3.05) is 13.6 Å². The van der Waals surface area contributed by atoms with Crippen molar-refractivity contribution in [3.05, 3.63) is 40.1 Å². The number of aromatic nitrogens is 2. The van der Waals surface area contributed by atoms with Gasteiger partial charge >= 0.3 is 0 Å². The van der Waals surface area contributed by atoms with E-state index in [9.17, 15) is 4.79 Å². The van der Waals surface area contributed by atoms with Crippen LogP contribution < -0.4 is 0 Å². The van der Waals surface area contributed by atoms with Crippen LogP contribution in [0.5, 0.6) is 0 Å². The van der Waals surface area contributed by atoms with Crippen LogP contribution in [0.15, 0.2) is 23.7 Å². The minimum absolute atomic E-state index is 0.136. The standard InChI is InChI=1S/C13H17N3OS/c1-10-14-11(9-18-10)7-15(2)8-13(17)12-5-4-6-16(12)3/h4-6,9H,7-8H2,1-3H3. The molecule has 0 aliphatic heterocycles. The van der Waals surface area contributed by atoms with Crippen molar-refractivity contribution in [3.63, 3.8) is 0 Å². The van der Waals surface area contributed by atoms with Crippen molar-refractivity contribution < 1.29 is 4.79 Å². The lowest BCUT2D eigenvalue weighted by molar-refractivity contribution is 0.0934. The molecule has 0 bridgehead atoms. The molecule has 0 radical (unpaired) electrons. The molecule has 0 amide bonds. The van der Waals surface area contributed by atoms with Crippen LogP contribution >= 0.6 is 11.3 Å². The molecule has 2 aromatic heterocycles. The van der Waals surface area contributed by atoms with Crippen LogP contribution in [0.1, 0.15) is 21.2 Å². The van der Waals surface area contributed by atoms with E-state index in [4.69, 9.17) is 0 Å². The third-order valence-electron chi connectivity index (χ3n) is 2.74. The van der Waals surface area contributed by atoms with Gasteiger partial charge in [-0.1, -0.05) is 0 Å². The number of hydrogen-bond donors (Lipinski definition) is 0. The summed E-state index contributed by atoms with van der Waals surface area (Å²) in [5, 5.41) is 3.10. The molecule has 2 rings (SSSR count). The van der Waals surface area contributed by atoms with E-state index in [-0.39, 0.29) is 5.78 Å². The zero-order chi connectivity index (χ0) is 13.1. The van der Waals surface area contributed by atoms with Gasteiger partial charge in [0.1, 0.15) is 0 Å². The van der Waals surface area contributed by atoms with Gasteiger partial charge in [-0.2, -0.15) is 0 Å². The maximum absolute atomic E-state index is 12.1. The topological polar surface area (TPSA) is 38.1 Å². The number of hydrogen-bond acceptors (Lipinski definition) is 4. The maximum Gasteiger partial charge on any atom is 0.193 e. The van der Waals surface area contributed by atoms with Crippen molar-refractivity contribution in [3.8, 4) is 0 Å². The summed E-state index contributed by atoms with van der Waals surface area (Å²) >= 11 is 1.64. The Morgan fingerprint density at radius 2 is 2.33 bits per heavy atom. The van der Waals surface area contributed by atoms with Crippen molar-refractivity contribution in [1.29, 1.82) is 0 Å². The van der Waals surface area contributed by atoms with Gasteiger partial charge in [0.2, 0.25) is 0 Å². The third kappa shape index (κ3) is 3.05. The predicted octanol–water partition coefficient (Wildman–Crippen LogP) is 2.10. The summed E-state index contributed by atoms with van der Waals surface area (Å²) in [5.74, 6) is 0.136. The van der Waals surface area contributed by atoms with Crippen LogP contribution in [0.25, 0.3) is 0 Å². The zero-order valence-electron chi connectivity index (χ0n) is 10.9. The number of likely N-dealkylation sites (N-methyl/N-ethyl adjacent to an activating group) is 1. The van der Waals surface area contributed by atoms with E-state index in [0.717, 1.165) is 16.4 Å².